The fraction of sp³-hybridized carbons (Fsp3) is 0.500. The summed E-state index contributed by atoms with van der Waals surface area (Å²) in [7, 11) is 1.61. The zero-order valence-electron chi connectivity index (χ0n) is 11.5. The van der Waals surface area contributed by atoms with Gasteiger partial charge in [0.25, 0.3) is 0 Å². The quantitative estimate of drug-likeness (QED) is 0.868. The Kier molecular flexibility index (Phi) is 3.66. The Balaban J connectivity index is 2.46. The third kappa shape index (κ3) is 2.38. The molecule has 2 rings (SSSR count). The van der Waals surface area contributed by atoms with Gasteiger partial charge in [0.1, 0.15) is 5.75 Å². The van der Waals surface area contributed by atoms with Gasteiger partial charge >= 0.3 is 6.09 Å². The van der Waals surface area contributed by atoms with E-state index in [9.17, 15) is 4.79 Å². The number of hydrogen-bond acceptors (Lipinski definition) is 4. The van der Waals surface area contributed by atoms with E-state index in [2.05, 4.69) is 19.2 Å². The molecule has 1 aromatic carbocycles. The largest absolute Gasteiger partial charge is 0.496 e. The van der Waals surface area contributed by atoms with Crippen LogP contribution in [0.4, 0.5) is 4.79 Å². The lowest BCUT2D eigenvalue weighted by Gasteiger charge is -2.27. The summed E-state index contributed by atoms with van der Waals surface area (Å²) in [6, 6.07) is 5.93. The van der Waals surface area contributed by atoms with Crippen molar-refractivity contribution in [2.24, 2.45) is 5.73 Å². The summed E-state index contributed by atoms with van der Waals surface area (Å²) in [4.78, 5) is 11.3. The predicted octanol–water partition coefficient (Wildman–Crippen LogP) is 1.71. The first-order chi connectivity index (χ1) is 9.02. The maximum absolute atomic E-state index is 11.3. The molecule has 0 aliphatic carbocycles. The number of methoxy groups -OCH3 is 1. The van der Waals surface area contributed by atoms with Gasteiger partial charge in [0, 0.05) is 12.1 Å². The van der Waals surface area contributed by atoms with Crippen LogP contribution < -0.4 is 15.8 Å². The summed E-state index contributed by atoms with van der Waals surface area (Å²) < 4.78 is 10.8. The lowest BCUT2D eigenvalue weighted by Crippen LogP contribution is -2.39. The van der Waals surface area contributed by atoms with Crippen LogP contribution in [0.1, 0.15) is 30.9 Å². The van der Waals surface area contributed by atoms with Crippen molar-refractivity contribution in [1.29, 1.82) is 0 Å². The molecule has 0 saturated carbocycles. The first-order valence-electron chi connectivity index (χ1n) is 6.38. The van der Waals surface area contributed by atoms with Gasteiger partial charge in [-0.3, -0.25) is 0 Å². The van der Waals surface area contributed by atoms with Gasteiger partial charge in [-0.05, 0) is 17.5 Å². The summed E-state index contributed by atoms with van der Waals surface area (Å²) in [6.45, 7) is 4.80. The van der Waals surface area contributed by atoms with Crippen molar-refractivity contribution in [1.82, 2.24) is 5.32 Å². The average Bonchev–Trinajstić information content (AvgIpc) is 2.80. The maximum Gasteiger partial charge on any atom is 0.408 e. The number of nitrogens with two attached hydrogens (primary N) is 1. The average molecular weight is 264 g/mol. The zero-order chi connectivity index (χ0) is 14.0. The van der Waals surface area contributed by atoms with E-state index in [0.717, 1.165) is 5.56 Å². The van der Waals surface area contributed by atoms with Crippen molar-refractivity contribution in [3.8, 4) is 5.75 Å². The minimum absolute atomic E-state index is 0.211. The Bertz CT molecular complexity index is 488. The Labute approximate surface area is 113 Å². The number of alkyl carbamates (subject to hydrolysis) is 1. The SMILES string of the molecule is COc1cc(C(C)C)ccc1C1(CN)CNC(=O)O1. The fourth-order valence-electron chi connectivity index (χ4n) is 2.28. The Morgan fingerprint density at radius 2 is 2.26 bits per heavy atom. The molecular formula is C14H20N2O3. The van der Waals surface area contributed by atoms with E-state index in [1.54, 1.807) is 7.11 Å². The van der Waals surface area contributed by atoms with Crippen LogP contribution in [-0.2, 0) is 10.3 Å². The van der Waals surface area contributed by atoms with Gasteiger partial charge in [0.2, 0.25) is 0 Å². The van der Waals surface area contributed by atoms with Crippen molar-refractivity contribution in [3.63, 3.8) is 0 Å². The topological polar surface area (TPSA) is 73.6 Å². The zero-order valence-corrected chi connectivity index (χ0v) is 11.5. The van der Waals surface area contributed by atoms with Crippen molar-refractivity contribution < 1.29 is 14.3 Å². The number of carbonyl (C=O) groups is 1. The smallest absolute Gasteiger partial charge is 0.408 e. The number of rotatable bonds is 4. The maximum atomic E-state index is 11.3. The Morgan fingerprint density at radius 1 is 1.53 bits per heavy atom. The van der Waals surface area contributed by atoms with Gasteiger partial charge in [-0.25, -0.2) is 4.79 Å². The molecule has 0 spiro atoms. The molecule has 3 N–H and O–H groups in total. The van der Waals surface area contributed by atoms with Crippen LogP contribution >= 0.6 is 0 Å². The van der Waals surface area contributed by atoms with Crippen molar-refractivity contribution in [3.05, 3.63) is 29.3 Å². The van der Waals surface area contributed by atoms with E-state index >= 15 is 0 Å². The van der Waals surface area contributed by atoms with E-state index < -0.39 is 11.7 Å². The Hall–Kier alpha value is -1.75. The third-order valence-corrected chi connectivity index (χ3v) is 3.52. The molecule has 5 heteroatoms. The van der Waals surface area contributed by atoms with E-state index in [4.69, 9.17) is 15.2 Å². The van der Waals surface area contributed by atoms with Crippen molar-refractivity contribution >= 4 is 6.09 Å². The van der Waals surface area contributed by atoms with Crippen molar-refractivity contribution in [2.75, 3.05) is 20.2 Å². The number of benzene rings is 1. The molecule has 1 unspecified atom stereocenters. The molecule has 0 bridgehead atoms. The monoisotopic (exact) mass is 264 g/mol. The second-order valence-electron chi connectivity index (χ2n) is 5.06. The van der Waals surface area contributed by atoms with E-state index in [-0.39, 0.29) is 6.54 Å². The van der Waals surface area contributed by atoms with Crippen LogP contribution in [0, 0.1) is 0 Å². The molecule has 1 fully saturated rings. The van der Waals surface area contributed by atoms with Crippen LogP contribution in [0.25, 0.3) is 0 Å². The van der Waals surface area contributed by atoms with Gasteiger partial charge in [-0.2, -0.15) is 0 Å². The molecule has 1 atom stereocenters. The number of ether oxygens (including phenoxy) is 2. The highest BCUT2D eigenvalue weighted by Crippen LogP contribution is 2.36. The van der Waals surface area contributed by atoms with Gasteiger partial charge in [0.15, 0.2) is 5.60 Å². The second kappa shape index (κ2) is 5.09. The van der Waals surface area contributed by atoms with E-state index in [0.29, 0.717) is 18.2 Å². The highest BCUT2D eigenvalue weighted by Gasteiger charge is 2.43. The van der Waals surface area contributed by atoms with E-state index in [1.807, 2.05) is 18.2 Å². The van der Waals surface area contributed by atoms with Crippen molar-refractivity contribution in [2.45, 2.75) is 25.4 Å². The van der Waals surface area contributed by atoms with Gasteiger partial charge in [-0.15, -0.1) is 0 Å². The van der Waals surface area contributed by atoms with Gasteiger partial charge < -0.3 is 20.5 Å². The lowest BCUT2D eigenvalue weighted by atomic mass is 9.90. The van der Waals surface area contributed by atoms with Crippen LogP contribution in [0.15, 0.2) is 18.2 Å². The van der Waals surface area contributed by atoms with Crippen LogP contribution in [-0.4, -0.2) is 26.3 Å². The number of carbonyl (C=O) groups excluding carboxylic acids is 1. The second-order valence-corrected chi connectivity index (χ2v) is 5.06. The molecule has 5 nitrogen and oxygen atoms in total. The highest BCUT2D eigenvalue weighted by molar-refractivity contribution is 5.71. The normalized spacial score (nSPS) is 22.3. The molecule has 1 saturated heterocycles. The number of hydrogen-bond donors (Lipinski definition) is 2. The first kappa shape index (κ1) is 13.7. The third-order valence-electron chi connectivity index (χ3n) is 3.52. The fourth-order valence-corrected chi connectivity index (χ4v) is 2.28. The first-order valence-corrected chi connectivity index (χ1v) is 6.38. The standard InChI is InChI=1S/C14H20N2O3/c1-9(2)10-4-5-11(12(6-10)18-3)14(7-15)8-16-13(17)19-14/h4-6,9H,7-8,15H2,1-3H3,(H,16,17). The van der Waals surface area contributed by atoms with E-state index in [1.165, 1.54) is 5.56 Å². The lowest BCUT2D eigenvalue weighted by molar-refractivity contribution is 0.0596. The molecule has 0 aromatic heterocycles. The molecule has 1 aliphatic rings. The summed E-state index contributed by atoms with van der Waals surface area (Å²) >= 11 is 0. The summed E-state index contributed by atoms with van der Waals surface area (Å²) in [6.07, 6.45) is -0.444. The predicted molar refractivity (Wildman–Crippen MR) is 72.3 cm³/mol. The molecule has 1 aliphatic heterocycles. The minimum atomic E-state index is -0.835. The summed E-state index contributed by atoms with van der Waals surface area (Å²) in [5.74, 6) is 1.11. The Morgan fingerprint density at radius 3 is 2.74 bits per heavy atom. The number of amides is 1. The van der Waals surface area contributed by atoms with Gasteiger partial charge in [0.05, 0.1) is 13.7 Å². The summed E-state index contributed by atoms with van der Waals surface area (Å²) in [5.41, 5.74) is 6.95. The number of cyclic esters (lactones) is 1. The molecule has 1 amide bonds. The molecule has 104 valence electrons. The molecular weight excluding hydrogens is 244 g/mol. The molecule has 1 aromatic rings. The minimum Gasteiger partial charge on any atom is -0.496 e. The molecule has 0 radical (unpaired) electrons. The van der Waals surface area contributed by atoms with Crippen LogP contribution in [0.2, 0.25) is 0 Å². The molecule has 1 heterocycles. The summed E-state index contributed by atoms with van der Waals surface area (Å²) in [5, 5.41) is 2.65. The van der Waals surface area contributed by atoms with Crippen LogP contribution in [0.3, 0.4) is 0 Å². The van der Waals surface area contributed by atoms with Gasteiger partial charge in [-0.1, -0.05) is 26.0 Å². The van der Waals surface area contributed by atoms with Crippen LogP contribution in [0.5, 0.6) is 5.75 Å². The molecule has 19 heavy (non-hydrogen) atoms. The highest BCUT2D eigenvalue weighted by atomic mass is 16.6. The number of nitrogens with one attached hydrogen (secondary N) is 1.